The van der Waals surface area contributed by atoms with Crippen molar-refractivity contribution in [2.24, 2.45) is 35.1 Å². The topological polar surface area (TPSA) is 69.1 Å². The molecule has 2 fully saturated rings. The molecule has 0 spiro atoms. The van der Waals surface area contributed by atoms with Gasteiger partial charge in [-0.3, -0.25) is 4.79 Å². The zero-order valence-corrected chi connectivity index (χ0v) is 7.20. The van der Waals surface area contributed by atoms with Crippen LogP contribution in [-0.4, -0.2) is 18.9 Å². The van der Waals surface area contributed by atoms with Gasteiger partial charge in [-0.15, -0.1) is 0 Å². The lowest BCUT2D eigenvalue weighted by Gasteiger charge is -2.25. The molecule has 2 rings (SSSR count). The molecule has 68 valence electrons. The van der Waals surface area contributed by atoms with E-state index in [0.29, 0.717) is 36.6 Å². The molecule has 2 bridgehead atoms. The first-order valence-electron chi connectivity index (χ1n) is 4.71. The summed E-state index contributed by atoms with van der Waals surface area (Å²) >= 11 is 0. The molecule has 3 nitrogen and oxygen atoms in total. The number of fused-ring (bicyclic) bond motifs is 2. The Balaban J connectivity index is 2.16. The van der Waals surface area contributed by atoms with Crippen molar-refractivity contribution >= 4 is 5.78 Å². The van der Waals surface area contributed by atoms with Crippen LogP contribution in [0.3, 0.4) is 0 Å². The van der Waals surface area contributed by atoms with E-state index in [4.69, 9.17) is 11.5 Å². The smallest absolute Gasteiger partial charge is 0.139 e. The van der Waals surface area contributed by atoms with Gasteiger partial charge in [0, 0.05) is 11.8 Å². The molecule has 2 aliphatic carbocycles. The van der Waals surface area contributed by atoms with Gasteiger partial charge in [0.25, 0.3) is 0 Å². The van der Waals surface area contributed by atoms with Crippen molar-refractivity contribution in [2.45, 2.75) is 12.8 Å². The fourth-order valence-corrected chi connectivity index (χ4v) is 2.96. The Morgan fingerprint density at radius 2 is 1.67 bits per heavy atom. The van der Waals surface area contributed by atoms with Crippen LogP contribution in [0, 0.1) is 23.7 Å². The molecule has 2 aliphatic rings. The molecule has 2 atom stereocenters. The van der Waals surface area contributed by atoms with Crippen molar-refractivity contribution in [3.05, 3.63) is 0 Å². The third-order valence-electron chi connectivity index (χ3n) is 3.53. The normalized spacial score (nSPS) is 45.7. The van der Waals surface area contributed by atoms with Gasteiger partial charge in [-0.25, -0.2) is 0 Å². The molecule has 0 aliphatic heterocycles. The molecule has 0 heterocycles. The van der Waals surface area contributed by atoms with Gasteiger partial charge in [-0.05, 0) is 37.8 Å². The highest BCUT2D eigenvalue weighted by molar-refractivity contribution is 5.88. The first-order chi connectivity index (χ1) is 5.77. The summed E-state index contributed by atoms with van der Waals surface area (Å²) in [6.45, 7) is 1.31. The first-order valence-corrected chi connectivity index (χ1v) is 4.71. The van der Waals surface area contributed by atoms with E-state index in [-0.39, 0.29) is 5.92 Å². The standard InChI is InChI=1S/C9H16N2O/c10-3-6-1-5-2-7(4-11)8(6)9(5)12/h5-8H,1-4,10-11H2. The molecule has 0 saturated heterocycles. The molecule has 0 aromatic carbocycles. The molecule has 4 N–H and O–H groups in total. The highest BCUT2D eigenvalue weighted by Crippen LogP contribution is 2.48. The molecule has 12 heavy (non-hydrogen) atoms. The largest absolute Gasteiger partial charge is 0.330 e. The number of nitrogens with two attached hydrogens (primary N) is 2. The summed E-state index contributed by atoms with van der Waals surface area (Å²) in [6.07, 6.45) is 2.05. The number of rotatable bonds is 2. The van der Waals surface area contributed by atoms with Gasteiger partial charge in [-0.1, -0.05) is 0 Å². The second-order valence-corrected chi connectivity index (χ2v) is 4.09. The zero-order chi connectivity index (χ0) is 8.72. The van der Waals surface area contributed by atoms with Crippen LogP contribution in [0.2, 0.25) is 0 Å². The van der Waals surface area contributed by atoms with Gasteiger partial charge in [0.1, 0.15) is 5.78 Å². The van der Waals surface area contributed by atoms with Gasteiger partial charge in [0.15, 0.2) is 0 Å². The van der Waals surface area contributed by atoms with Crippen LogP contribution in [0.1, 0.15) is 12.8 Å². The number of carbonyl (C=O) groups excluding carboxylic acids is 1. The van der Waals surface area contributed by atoms with E-state index < -0.39 is 0 Å². The van der Waals surface area contributed by atoms with Crippen LogP contribution >= 0.6 is 0 Å². The Labute approximate surface area is 72.5 Å². The van der Waals surface area contributed by atoms with Crippen LogP contribution in [0.15, 0.2) is 0 Å². The molecule has 3 heteroatoms. The van der Waals surface area contributed by atoms with Gasteiger partial charge in [-0.2, -0.15) is 0 Å². The van der Waals surface area contributed by atoms with Gasteiger partial charge >= 0.3 is 0 Å². The van der Waals surface area contributed by atoms with Crippen molar-refractivity contribution in [2.75, 3.05) is 13.1 Å². The lowest BCUT2D eigenvalue weighted by atomic mass is 9.81. The summed E-state index contributed by atoms with van der Waals surface area (Å²) in [5.41, 5.74) is 11.2. The van der Waals surface area contributed by atoms with Crippen molar-refractivity contribution < 1.29 is 4.79 Å². The minimum atomic E-state index is 0.213. The molecule has 0 aromatic rings. The summed E-state index contributed by atoms with van der Waals surface area (Å²) in [5.74, 6) is 1.83. The van der Waals surface area contributed by atoms with Crippen LogP contribution in [0.4, 0.5) is 0 Å². The number of hydrogen-bond acceptors (Lipinski definition) is 3. The van der Waals surface area contributed by atoms with E-state index in [1.807, 2.05) is 0 Å². The third-order valence-corrected chi connectivity index (χ3v) is 3.53. The predicted octanol–water partition coefficient (Wildman–Crippen LogP) is -0.255. The second-order valence-electron chi connectivity index (χ2n) is 4.09. The molecule has 2 unspecified atom stereocenters. The quantitative estimate of drug-likeness (QED) is 0.597. The van der Waals surface area contributed by atoms with Gasteiger partial charge in [0.2, 0.25) is 0 Å². The predicted molar refractivity (Wildman–Crippen MR) is 46.3 cm³/mol. The van der Waals surface area contributed by atoms with Gasteiger partial charge in [0.05, 0.1) is 0 Å². The van der Waals surface area contributed by atoms with Crippen molar-refractivity contribution in [3.63, 3.8) is 0 Å². The fraction of sp³-hybridized carbons (Fsp3) is 0.889. The van der Waals surface area contributed by atoms with Crippen molar-refractivity contribution in [1.29, 1.82) is 0 Å². The van der Waals surface area contributed by atoms with Crippen molar-refractivity contribution in [3.8, 4) is 0 Å². The van der Waals surface area contributed by atoms with Crippen LogP contribution in [0.5, 0.6) is 0 Å². The zero-order valence-electron chi connectivity index (χ0n) is 7.20. The van der Waals surface area contributed by atoms with Gasteiger partial charge < -0.3 is 11.5 Å². The summed E-state index contributed by atoms with van der Waals surface area (Å²) in [4.78, 5) is 11.6. The third kappa shape index (κ3) is 0.930. The Morgan fingerprint density at radius 1 is 1.17 bits per heavy atom. The molecule has 0 aromatic heterocycles. The van der Waals surface area contributed by atoms with Crippen LogP contribution < -0.4 is 11.5 Å². The van der Waals surface area contributed by atoms with E-state index in [2.05, 4.69) is 0 Å². The van der Waals surface area contributed by atoms with E-state index in [1.165, 1.54) is 0 Å². The summed E-state index contributed by atoms with van der Waals surface area (Å²) in [7, 11) is 0. The Bertz CT molecular complexity index is 191. The summed E-state index contributed by atoms with van der Waals surface area (Å²) in [5, 5.41) is 0. The van der Waals surface area contributed by atoms with E-state index in [1.54, 1.807) is 0 Å². The number of ketones is 1. The van der Waals surface area contributed by atoms with Crippen LogP contribution in [0.25, 0.3) is 0 Å². The molecule has 0 radical (unpaired) electrons. The number of carbonyl (C=O) groups is 1. The Hall–Kier alpha value is -0.410. The maximum atomic E-state index is 11.6. The molecular formula is C9H16N2O. The number of Topliss-reactive ketones (excluding diaryl/α,β-unsaturated/α-hetero) is 1. The Morgan fingerprint density at radius 3 is 2.00 bits per heavy atom. The second kappa shape index (κ2) is 2.82. The first kappa shape index (κ1) is 8.20. The summed E-state index contributed by atoms with van der Waals surface area (Å²) in [6, 6.07) is 0. The fourth-order valence-electron chi connectivity index (χ4n) is 2.96. The molecular weight excluding hydrogens is 152 g/mol. The maximum absolute atomic E-state index is 11.6. The molecule has 0 amide bonds. The average molecular weight is 168 g/mol. The van der Waals surface area contributed by atoms with E-state index in [0.717, 1.165) is 12.8 Å². The lowest BCUT2D eigenvalue weighted by molar-refractivity contribution is -0.122. The highest BCUT2D eigenvalue weighted by Gasteiger charge is 2.51. The Kier molecular flexibility index (Phi) is 1.93. The van der Waals surface area contributed by atoms with Crippen molar-refractivity contribution in [1.82, 2.24) is 0 Å². The highest BCUT2D eigenvalue weighted by atomic mass is 16.1. The van der Waals surface area contributed by atoms with E-state index in [9.17, 15) is 4.79 Å². The maximum Gasteiger partial charge on any atom is 0.139 e. The minimum Gasteiger partial charge on any atom is -0.330 e. The lowest BCUT2D eigenvalue weighted by Crippen LogP contribution is -2.31. The van der Waals surface area contributed by atoms with Crippen LogP contribution in [-0.2, 0) is 4.79 Å². The molecule has 2 saturated carbocycles. The average Bonchev–Trinajstić information content (AvgIpc) is 2.58. The summed E-state index contributed by atoms with van der Waals surface area (Å²) < 4.78 is 0. The SMILES string of the molecule is NCC1CC2CC(CN)C1C2=O. The number of hydrogen-bond donors (Lipinski definition) is 2. The van der Waals surface area contributed by atoms with E-state index >= 15 is 0 Å². The minimum absolute atomic E-state index is 0.213. The monoisotopic (exact) mass is 168 g/mol.